The number of hydrogen-bond acceptors (Lipinski definition) is 3. The molecule has 4 nitrogen and oxygen atoms in total. The first-order chi connectivity index (χ1) is 9.11. The molecule has 6 heteroatoms. The van der Waals surface area contributed by atoms with Gasteiger partial charge in [-0.2, -0.15) is 5.10 Å². The van der Waals surface area contributed by atoms with Crippen molar-refractivity contribution in [2.45, 2.75) is 6.54 Å². The standard InChI is InChI=1S/C13H16ClFN4/c1-19(5-4-16)8-9-7-17-18-13(9)11-6-10(15)2-3-12(11)14/h2-3,6-7H,4-5,8,16H2,1H3,(H,17,18). The molecule has 1 heterocycles. The number of nitrogens with two attached hydrogens (primary N) is 1. The fraction of sp³-hybridized carbons (Fsp3) is 0.308. The van der Waals surface area contributed by atoms with Gasteiger partial charge in [-0.3, -0.25) is 5.10 Å². The Hall–Kier alpha value is -1.43. The van der Waals surface area contributed by atoms with Gasteiger partial charge in [-0.25, -0.2) is 4.39 Å². The number of benzene rings is 1. The number of hydrogen-bond donors (Lipinski definition) is 2. The summed E-state index contributed by atoms with van der Waals surface area (Å²) in [6.45, 7) is 2.04. The van der Waals surface area contributed by atoms with E-state index in [4.69, 9.17) is 17.3 Å². The molecule has 0 spiro atoms. The minimum absolute atomic E-state index is 0.330. The molecular weight excluding hydrogens is 267 g/mol. The zero-order chi connectivity index (χ0) is 13.8. The molecule has 0 aliphatic heterocycles. The molecule has 102 valence electrons. The number of likely N-dealkylation sites (N-methyl/N-ethyl adjacent to an activating group) is 1. The summed E-state index contributed by atoms with van der Waals surface area (Å²) >= 11 is 6.10. The normalized spacial score (nSPS) is 11.2. The van der Waals surface area contributed by atoms with Crippen LogP contribution in [0.1, 0.15) is 5.56 Å². The molecule has 0 aliphatic carbocycles. The van der Waals surface area contributed by atoms with Crippen LogP contribution >= 0.6 is 11.6 Å². The lowest BCUT2D eigenvalue weighted by Gasteiger charge is -2.15. The molecule has 0 atom stereocenters. The summed E-state index contributed by atoms with van der Waals surface area (Å²) in [5, 5.41) is 7.45. The molecule has 0 radical (unpaired) electrons. The topological polar surface area (TPSA) is 57.9 Å². The van der Waals surface area contributed by atoms with Gasteiger partial charge in [-0.15, -0.1) is 0 Å². The summed E-state index contributed by atoms with van der Waals surface area (Å²) in [5.41, 5.74) is 7.75. The van der Waals surface area contributed by atoms with Crippen LogP contribution in [0.15, 0.2) is 24.4 Å². The zero-order valence-corrected chi connectivity index (χ0v) is 11.4. The monoisotopic (exact) mass is 282 g/mol. The van der Waals surface area contributed by atoms with E-state index in [1.165, 1.54) is 18.2 Å². The van der Waals surface area contributed by atoms with E-state index in [0.717, 1.165) is 12.1 Å². The second-order valence-electron chi connectivity index (χ2n) is 4.41. The Bertz CT molecular complexity index is 555. The highest BCUT2D eigenvalue weighted by atomic mass is 35.5. The van der Waals surface area contributed by atoms with E-state index in [0.29, 0.717) is 29.4 Å². The summed E-state index contributed by atoms with van der Waals surface area (Å²) in [6.07, 6.45) is 1.80. The van der Waals surface area contributed by atoms with E-state index in [2.05, 4.69) is 15.1 Å². The first-order valence-electron chi connectivity index (χ1n) is 5.98. The molecule has 0 fully saturated rings. The number of nitrogens with zero attached hydrogens (tertiary/aromatic N) is 2. The van der Waals surface area contributed by atoms with Gasteiger partial charge in [-0.05, 0) is 25.2 Å². The average Bonchev–Trinajstić information content (AvgIpc) is 2.80. The van der Waals surface area contributed by atoms with Crippen molar-refractivity contribution in [3.63, 3.8) is 0 Å². The van der Waals surface area contributed by atoms with Crippen LogP contribution in [0, 0.1) is 5.82 Å². The number of nitrogens with one attached hydrogen (secondary N) is 1. The van der Waals surface area contributed by atoms with Crippen LogP contribution in [0.2, 0.25) is 5.02 Å². The molecule has 0 aliphatic rings. The largest absolute Gasteiger partial charge is 0.329 e. The van der Waals surface area contributed by atoms with Gasteiger partial charge < -0.3 is 10.6 Å². The maximum Gasteiger partial charge on any atom is 0.123 e. The number of aromatic amines is 1. The van der Waals surface area contributed by atoms with Gasteiger partial charge in [0.25, 0.3) is 0 Å². The Balaban J connectivity index is 2.31. The van der Waals surface area contributed by atoms with Crippen molar-refractivity contribution < 1.29 is 4.39 Å². The van der Waals surface area contributed by atoms with E-state index in [9.17, 15) is 4.39 Å². The van der Waals surface area contributed by atoms with Gasteiger partial charge >= 0.3 is 0 Å². The minimum Gasteiger partial charge on any atom is -0.329 e. The molecular formula is C13H16ClFN4. The maximum absolute atomic E-state index is 13.3. The third kappa shape index (κ3) is 3.32. The number of aromatic nitrogens is 2. The Labute approximate surface area is 116 Å². The molecule has 3 N–H and O–H groups in total. The summed E-state index contributed by atoms with van der Waals surface area (Å²) in [6, 6.07) is 4.26. The second-order valence-corrected chi connectivity index (χ2v) is 4.82. The highest BCUT2D eigenvalue weighted by Crippen LogP contribution is 2.29. The minimum atomic E-state index is -0.330. The van der Waals surface area contributed by atoms with Crippen LogP contribution in [-0.4, -0.2) is 35.2 Å². The van der Waals surface area contributed by atoms with Crippen LogP contribution in [0.5, 0.6) is 0 Å². The van der Waals surface area contributed by atoms with Gasteiger partial charge in [-0.1, -0.05) is 11.6 Å². The van der Waals surface area contributed by atoms with E-state index in [1.807, 2.05) is 7.05 Å². The SMILES string of the molecule is CN(CCN)Cc1c[nH]nc1-c1cc(F)ccc1Cl. The van der Waals surface area contributed by atoms with Gasteiger partial charge in [0, 0.05) is 37.0 Å². The van der Waals surface area contributed by atoms with E-state index >= 15 is 0 Å². The lowest BCUT2D eigenvalue weighted by atomic mass is 10.1. The molecule has 2 aromatic rings. The van der Waals surface area contributed by atoms with Crippen molar-refractivity contribution in [1.29, 1.82) is 0 Å². The molecule has 19 heavy (non-hydrogen) atoms. The highest BCUT2D eigenvalue weighted by Gasteiger charge is 2.14. The van der Waals surface area contributed by atoms with Gasteiger partial charge in [0.15, 0.2) is 0 Å². The third-order valence-corrected chi connectivity index (χ3v) is 3.18. The zero-order valence-electron chi connectivity index (χ0n) is 10.7. The summed E-state index contributed by atoms with van der Waals surface area (Å²) in [7, 11) is 1.97. The summed E-state index contributed by atoms with van der Waals surface area (Å²) < 4.78 is 13.3. The van der Waals surface area contributed by atoms with E-state index in [-0.39, 0.29) is 5.82 Å². The Morgan fingerprint density at radius 2 is 2.26 bits per heavy atom. The molecule has 0 bridgehead atoms. The molecule has 1 aromatic carbocycles. The van der Waals surface area contributed by atoms with Crippen LogP contribution in [-0.2, 0) is 6.54 Å². The Morgan fingerprint density at radius 3 is 3.00 bits per heavy atom. The maximum atomic E-state index is 13.3. The number of halogens is 2. The van der Waals surface area contributed by atoms with Crippen molar-refractivity contribution in [1.82, 2.24) is 15.1 Å². The predicted octanol–water partition coefficient (Wildman–Crippen LogP) is 2.26. The fourth-order valence-corrected chi connectivity index (χ4v) is 2.14. The van der Waals surface area contributed by atoms with Crippen molar-refractivity contribution in [2.24, 2.45) is 5.73 Å². The third-order valence-electron chi connectivity index (χ3n) is 2.85. The van der Waals surface area contributed by atoms with Crippen LogP contribution in [0.25, 0.3) is 11.3 Å². The Morgan fingerprint density at radius 1 is 1.47 bits per heavy atom. The second kappa shape index (κ2) is 6.14. The number of H-pyrrole nitrogens is 1. The summed E-state index contributed by atoms with van der Waals surface area (Å²) in [5.74, 6) is -0.330. The molecule has 2 rings (SSSR count). The average molecular weight is 283 g/mol. The van der Waals surface area contributed by atoms with Crippen molar-refractivity contribution in [2.75, 3.05) is 20.1 Å². The molecule has 1 aromatic heterocycles. The van der Waals surface area contributed by atoms with Gasteiger partial charge in [0.2, 0.25) is 0 Å². The van der Waals surface area contributed by atoms with E-state index < -0.39 is 0 Å². The van der Waals surface area contributed by atoms with Crippen molar-refractivity contribution >= 4 is 11.6 Å². The first-order valence-corrected chi connectivity index (χ1v) is 6.36. The lowest BCUT2D eigenvalue weighted by molar-refractivity contribution is 0.337. The van der Waals surface area contributed by atoms with Gasteiger partial charge in [0.05, 0.1) is 10.7 Å². The highest BCUT2D eigenvalue weighted by molar-refractivity contribution is 6.33. The molecule has 0 saturated heterocycles. The van der Waals surface area contributed by atoms with Crippen molar-refractivity contribution in [3.05, 3.63) is 40.8 Å². The van der Waals surface area contributed by atoms with Gasteiger partial charge in [0.1, 0.15) is 5.82 Å². The van der Waals surface area contributed by atoms with E-state index in [1.54, 1.807) is 6.20 Å². The molecule has 0 saturated carbocycles. The predicted molar refractivity (Wildman–Crippen MR) is 74.4 cm³/mol. The summed E-state index contributed by atoms with van der Waals surface area (Å²) in [4.78, 5) is 2.07. The lowest BCUT2D eigenvalue weighted by Crippen LogP contribution is -2.25. The smallest absolute Gasteiger partial charge is 0.123 e. The van der Waals surface area contributed by atoms with Crippen LogP contribution in [0.4, 0.5) is 4.39 Å². The first kappa shape index (κ1) is 14.0. The molecule has 0 unspecified atom stereocenters. The molecule has 0 amide bonds. The fourth-order valence-electron chi connectivity index (χ4n) is 1.94. The quantitative estimate of drug-likeness (QED) is 0.884. The Kier molecular flexibility index (Phi) is 4.52. The van der Waals surface area contributed by atoms with Crippen molar-refractivity contribution in [3.8, 4) is 11.3 Å². The number of rotatable bonds is 5. The van der Waals surface area contributed by atoms with Crippen LogP contribution in [0.3, 0.4) is 0 Å². The van der Waals surface area contributed by atoms with Crippen LogP contribution < -0.4 is 5.73 Å².